The van der Waals surface area contributed by atoms with Crippen molar-refractivity contribution in [2.75, 3.05) is 31.2 Å². The molecular weight excluding hydrogens is 312 g/mol. The van der Waals surface area contributed by atoms with Crippen LogP contribution in [-0.2, 0) is 24.1 Å². The van der Waals surface area contributed by atoms with Gasteiger partial charge in [0, 0.05) is 30.9 Å². The smallest absolute Gasteiger partial charge is 0.251 e. The minimum Gasteiger partial charge on any atom is -0.378 e. The number of amides is 1. The second-order valence-corrected chi connectivity index (χ2v) is 6.79. The lowest BCUT2D eigenvalue weighted by atomic mass is 10.1. The second-order valence-electron chi connectivity index (χ2n) is 6.79. The SMILES string of the molecule is O=C(NCc1ccc(N2CCOCC2)cc1)c1ccc2c(c1)CCC2. The van der Waals surface area contributed by atoms with Gasteiger partial charge in [0.2, 0.25) is 0 Å². The number of rotatable bonds is 4. The maximum atomic E-state index is 12.4. The molecule has 0 bridgehead atoms. The van der Waals surface area contributed by atoms with Gasteiger partial charge in [0.25, 0.3) is 5.91 Å². The Kier molecular flexibility index (Phi) is 4.70. The van der Waals surface area contributed by atoms with Crippen molar-refractivity contribution in [3.63, 3.8) is 0 Å². The molecule has 0 spiro atoms. The van der Waals surface area contributed by atoms with Crippen molar-refractivity contribution in [1.29, 1.82) is 0 Å². The molecule has 4 rings (SSSR count). The van der Waals surface area contributed by atoms with Gasteiger partial charge < -0.3 is 15.0 Å². The largest absolute Gasteiger partial charge is 0.378 e. The highest BCUT2D eigenvalue weighted by Gasteiger charge is 2.14. The highest BCUT2D eigenvalue weighted by atomic mass is 16.5. The first-order valence-electron chi connectivity index (χ1n) is 9.11. The van der Waals surface area contributed by atoms with Gasteiger partial charge in [-0.3, -0.25) is 4.79 Å². The fourth-order valence-electron chi connectivity index (χ4n) is 3.64. The average Bonchev–Trinajstić information content (AvgIpc) is 3.15. The number of hydrogen-bond acceptors (Lipinski definition) is 3. The van der Waals surface area contributed by atoms with Crippen molar-refractivity contribution in [1.82, 2.24) is 5.32 Å². The topological polar surface area (TPSA) is 41.6 Å². The Morgan fingerprint density at radius 2 is 1.76 bits per heavy atom. The summed E-state index contributed by atoms with van der Waals surface area (Å²) in [7, 11) is 0. The number of fused-ring (bicyclic) bond motifs is 1. The van der Waals surface area contributed by atoms with E-state index in [1.807, 2.05) is 6.07 Å². The molecule has 0 unspecified atom stereocenters. The van der Waals surface area contributed by atoms with Crippen LogP contribution in [0.5, 0.6) is 0 Å². The number of benzene rings is 2. The van der Waals surface area contributed by atoms with E-state index in [4.69, 9.17) is 4.74 Å². The quantitative estimate of drug-likeness (QED) is 0.933. The zero-order valence-electron chi connectivity index (χ0n) is 14.5. The number of carbonyl (C=O) groups excluding carboxylic acids is 1. The van der Waals surface area contributed by atoms with E-state index in [0.717, 1.165) is 50.3 Å². The molecule has 1 fully saturated rings. The zero-order chi connectivity index (χ0) is 17.1. The predicted octanol–water partition coefficient (Wildman–Crippen LogP) is 2.94. The van der Waals surface area contributed by atoms with E-state index >= 15 is 0 Å². The minimum atomic E-state index is 0.00644. The van der Waals surface area contributed by atoms with Crippen molar-refractivity contribution in [3.8, 4) is 0 Å². The molecule has 2 aliphatic rings. The highest BCUT2D eigenvalue weighted by molar-refractivity contribution is 5.94. The van der Waals surface area contributed by atoms with Gasteiger partial charge in [-0.1, -0.05) is 18.2 Å². The van der Waals surface area contributed by atoms with E-state index in [1.54, 1.807) is 0 Å². The number of ether oxygens (including phenoxy) is 1. The van der Waals surface area contributed by atoms with Gasteiger partial charge in [-0.2, -0.15) is 0 Å². The van der Waals surface area contributed by atoms with Crippen molar-refractivity contribution in [2.24, 2.45) is 0 Å². The summed E-state index contributed by atoms with van der Waals surface area (Å²) in [5, 5.41) is 3.03. The van der Waals surface area contributed by atoms with Gasteiger partial charge in [0.1, 0.15) is 0 Å². The second kappa shape index (κ2) is 7.28. The molecule has 1 heterocycles. The lowest BCUT2D eigenvalue weighted by Crippen LogP contribution is -2.36. The summed E-state index contributed by atoms with van der Waals surface area (Å²) in [6.45, 7) is 4.01. The molecular formula is C21H24N2O2. The van der Waals surface area contributed by atoms with Gasteiger partial charge >= 0.3 is 0 Å². The van der Waals surface area contributed by atoms with Gasteiger partial charge in [0.15, 0.2) is 0 Å². The molecule has 1 aliphatic carbocycles. The molecule has 4 nitrogen and oxygen atoms in total. The summed E-state index contributed by atoms with van der Waals surface area (Å²) in [5.41, 5.74) is 5.84. The fourth-order valence-corrected chi connectivity index (χ4v) is 3.64. The molecule has 0 atom stereocenters. The third kappa shape index (κ3) is 3.69. The molecule has 1 saturated heterocycles. The molecule has 2 aromatic carbocycles. The molecule has 0 aromatic heterocycles. The van der Waals surface area contributed by atoms with E-state index < -0.39 is 0 Å². The van der Waals surface area contributed by atoms with Gasteiger partial charge in [-0.05, 0) is 60.2 Å². The molecule has 1 aliphatic heterocycles. The third-order valence-electron chi connectivity index (χ3n) is 5.13. The minimum absolute atomic E-state index is 0.00644. The van der Waals surface area contributed by atoms with Crippen molar-refractivity contribution < 1.29 is 9.53 Å². The molecule has 1 amide bonds. The van der Waals surface area contributed by atoms with Gasteiger partial charge in [0.05, 0.1) is 13.2 Å². The summed E-state index contributed by atoms with van der Waals surface area (Å²) >= 11 is 0. The summed E-state index contributed by atoms with van der Waals surface area (Å²) < 4.78 is 5.39. The third-order valence-corrected chi connectivity index (χ3v) is 5.13. The Morgan fingerprint density at radius 1 is 1.00 bits per heavy atom. The molecule has 130 valence electrons. The molecule has 0 radical (unpaired) electrons. The van der Waals surface area contributed by atoms with Crippen LogP contribution in [0.1, 0.15) is 33.5 Å². The zero-order valence-corrected chi connectivity index (χ0v) is 14.5. The number of anilines is 1. The summed E-state index contributed by atoms with van der Waals surface area (Å²) in [5.74, 6) is 0.00644. The maximum Gasteiger partial charge on any atom is 0.251 e. The summed E-state index contributed by atoms with van der Waals surface area (Å²) in [6.07, 6.45) is 3.45. The maximum absolute atomic E-state index is 12.4. The lowest BCUT2D eigenvalue weighted by Gasteiger charge is -2.28. The molecule has 1 N–H and O–H groups in total. The Bertz CT molecular complexity index is 749. The lowest BCUT2D eigenvalue weighted by molar-refractivity contribution is 0.0951. The first kappa shape index (κ1) is 16.2. The van der Waals surface area contributed by atoms with Crippen LogP contribution in [0, 0.1) is 0 Å². The van der Waals surface area contributed by atoms with Crippen LogP contribution in [-0.4, -0.2) is 32.2 Å². The number of morpholine rings is 1. The first-order valence-corrected chi connectivity index (χ1v) is 9.11. The first-order chi connectivity index (χ1) is 12.3. The molecule has 2 aromatic rings. The number of aryl methyl sites for hydroxylation is 2. The Labute approximate surface area is 148 Å². The Morgan fingerprint density at radius 3 is 2.56 bits per heavy atom. The summed E-state index contributed by atoms with van der Waals surface area (Å²) in [6, 6.07) is 14.5. The number of nitrogens with zero attached hydrogens (tertiary/aromatic N) is 1. The van der Waals surface area contributed by atoms with Crippen LogP contribution in [0.25, 0.3) is 0 Å². The molecule has 4 heteroatoms. The van der Waals surface area contributed by atoms with E-state index in [2.05, 4.69) is 46.6 Å². The van der Waals surface area contributed by atoms with Crippen molar-refractivity contribution >= 4 is 11.6 Å². The van der Waals surface area contributed by atoms with E-state index in [9.17, 15) is 4.79 Å². The average molecular weight is 336 g/mol. The number of hydrogen-bond donors (Lipinski definition) is 1. The fraction of sp³-hybridized carbons (Fsp3) is 0.381. The Hall–Kier alpha value is -2.33. The van der Waals surface area contributed by atoms with Crippen molar-refractivity contribution in [3.05, 3.63) is 64.7 Å². The monoisotopic (exact) mass is 336 g/mol. The van der Waals surface area contributed by atoms with E-state index in [-0.39, 0.29) is 5.91 Å². The van der Waals surface area contributed by atoms with Gasteiger partial charge in [-0.15, -0.1) is 0 Å². The van der Waals surface area contributed by atoms with Crippen molar-refractivity contribution in [2.45, 2.75) is 25.8 Å². The predicted molar refractivity (Wildman–Crippen MR) is 99.1 cm³/mol. The standard InChI is InChI=1S/C21H24N2O2/c24-21(19-7-6-17-2-1-3-18(17)14-19)22-15-16-4-8-20(9-5-16)23-10-12-25-13-11-23/h4-9,14H,1-3,10-13,15H2,(H,22,24). The van der Waals surface area contributed by atoms with E-state index in [0.29, 0.717) is 6.54 Å². The number of nitrogens with one attached hydrogen (secondary N) is 1. The normalized spacial score (nSPS) is 16.6. The molecule has 0 saturated carbocycles. The summed E-state index contributed by atoms with van der Waals surface area (Å²) in [4.78, 5) is 14.7. The molecule has 25 heavy (non-hydrogen) atoms. The number of carbonyl (C=O) groups is 1. The van der Waals surface area contributed by atoms with Crippen LogP contribution in [0.4, 0.5) is 5.69 Å². The van der Waals surface area contributed by atoms with Crippen LogP contribution < -0.4 is 10.2 Å². The van der Waals surface area contributed by atoms with Crippen LogP contribution in [0.15, 0.2) is 42.5 Å². The van der Waals surface area contributed by atoms with Crippen LogP contribution >= 0.6 is 0 Å². The van der Waals surface area contributed by atoms with Crippen LogP contribution in [0.2, 0.25) is 0 Å². The highest BCUT2D eigenvalue weighted by Crippen LogP contribution is 2.23. The van der Waals surface area contributed by atoms with Crippen LogP contribution in [0.3, 0.4) is 0 Å². The van der Waals surface area contributed by atoms with E-state index in [1.165, 1.54) is 23.2 Å². The Balaban J connectivity index is 1.35. The van der Waals surface area contributed by atoms with Gasteiger partial charge in [-0.25, -0.2) is 0 Å².